The summed E-state index contributed by atoms with van der Waals surface area (Å²) in [5.41, 5.74) is 0.856. The molecule has 0 aliphatic carbocycles. The summed E-state index contributed by atoms with van der Waals surface area (Å²) >= 11 is 0. The Kier molecular flexibility index (Phi) is 5.08. The van der Waals surface area contributed by atoms with E-state index in [1.54, 1.807) is 4.90 Å². The molecule has 0 radical (unpaired) electrons. The Labute approximate surface area is 140 Å². The number of rotatable bonds is 3. The monoisotopic (exact) mass is 334 g/mol. The van der Waals surface area contributed by atoms with Crippen LogP contribution in [0.3, 0.4) is 0 Å². The third kappa shape index (κ3) is 3.72. The first-order valence-corrected chi connectivity index (χ1v) is 8.28. The molecule has 1 atom stereocenters. The second-order valence-electron chi connectivity index (χ2n) is 6.08. The van der Waals surface area contributed by atoms with Crippen LogP contribution in [0.25, 0.3) is 0 Å². The van der Waals surface area contributed by atoms with Crippen molar-refractivity contribution in [3.63, 3.8) is 0 Å². The molecule has 2 N–H and O–H groups in total. The van der Waals surface area contributed by atoms with Crippen molar-refractivity contribution < 1.29 is 24.2 Å². The van der Waals surface area contributed by atoms with Crippen LogP contribution in [0.2, 0.25) is 0 Å². The number of likely N-dealkylation sites (tertiary alicyclic amines) is 1. The molecule has 24 heavy (non-hydrogen) atoms. The predicted molar refractivity (Wildman–Crippen MR) is 86.2 cm³/mol. The quantitative estimate of drug-likeness (QED) is 0.881. The number of aliphatic carboxylic acids is 1. The Morgan fingerprint density at radius 1 is 1.25 bits per heavy atom. The molecule has 0 bridgehead atoms. The number of carbonyl (C=O) groups is 2. The van der Waals surface area contributed by atoms with Crippen LogP contribution in [0.5, 0.6) is 11.5 Å². The summed E-state index contributed by atoms with van der Waals surface area (Å²) in [5.74, 6) is 0.0566. The molecule has 7 heteroatoms. The molecular formula is C17H22N2O5. The van der Waals surface area contributed by atoms with Gasteiger partial charge in [-0.05, 0) is 18.9 Å². The number of benzene rings is 1. The van der Waals surface area contributed by atoms with E-state index in [-0.39, 0.29) is 12.6 Å². The van der Waals surface area contributed by atoms with Gasteiger partial charge in [-0.25, -0.2) is 4.79 Å². The summed E-state index contributed by atoms with van der Waals surface area (Å²) in [4.78, 5) is 25.0. The zero-order chi connectivity index (χ0) is 16.9. The Balaban J connectivity index is 1.61. The number of fused-ring (bicyclic) bond motifs is 1. The Bertz CT molecular complexity index is 619. The van der Waals surface area contributed by atoms with E-state index < -0.39 is 11.9 Å². The molecular weight excluding hydrogens is 312 g/mol. The van der Waals surface area contributed by atoms with Crippen molar-refractivity contribution in [2.24, 2.45) is 5.92 Å². The van der Waals surface area contributed by atoms with Gasteiger partial charge in [-0.2, -0.15) is 0 Å². The third-order valence-corrected chi connectivity index (χ3v) is 4.34. The van der Waals surface area contributed by atoms with Crippen LogP contribution in [-0.2, 0) is 11.3 Å². The minimum Gasteiger partial charge on any atom is -0.490 e. The number of amides is 2. The largest absolute Gasteiger partial charge is 0.490 e. The molecule has 2 aliphatic heterocycles. The van der Waals surface area contributed by atoms with Crippen LogP contribution in [0.1, 0.15) is 24.8 Å². The highest BCUT2D eigenvalue weighted by Gasteiger charge is 2.28. The summed E-state index contributed by atoms with van der Waals surface area (Å²) < 4.78 is 11.4. The third-order valence-electron chi connectivity index (χ3n) is 4.34. The molecule has 7 nitrogen and oxygen atoms in total. The molecule has 1 aromatic carbocycles. The van der Waals surface area contributed by atoms with E-state index in [1.807, 2.05) is 18.2 Å². The van der Waals surface area contributed by atoms with Gasteiger partial charge in [-0.3, -0.25) is 4.79 Å². The van der Waals surface area contributed by atoms with Gasteiger partial charge in [0.05, 0.1) is 19.1 Å². The molecule has 3 rings (SSSR count). The fourth-order valence-electron chi connectivity index (χ4n) is 3.04. The number of ether oxygens (including phenoxy) is 2. The fourth-order valence-corrected chi connectivity index (χ4v) is 3.04. The molecule has 130 valence electrons. The van der Waals surface area contributed by atoms with Crippen LogP contribution in [0.15, 0.2) is 18.2 Å². The highest BCUT2D eigenvalue weighted by atomic mass is 16.5. The fraction of sp³-hybridized carbons (Fsp3) is 0.529. The lowest BCUT2D eigenvalue weighted by molar-refractivity contribution is -0.143. The lowest BCUT2D eigenvalue weighted by Crippen LogP contribution is -2.46. The molecule has 0 aromatic heterocycles. The van der Waals surface area contributed by atoms with E-state index in [0.717, 1.165) is 12.0 Å². The SMILES string of the molecule is O=C(O)C1CCCN(C(=O)NCc2cccc3c2OCCCO3)C1. The molecule has 1 saturated heterocycles. The van der Waals surface area contributed by atoms with Gasteiger partial charge in [0.15, 0.2) is 11.5 Å². The standard InChI is InChI=1S/C17H22N2O5/c20-16(21)13-5-2-7-19(11-13)17(22)18-10-12-4-1-6-14-15(12)24-9-3-8-23-14/h1,4,6,13H,2-3,5,7-11H2,(H,18,22)(H,20,21). The van der Waals surface area contributed by atoms with Crippen LogP contribution < -0.4 is 14.8 Å². The van der Waals surface area contributed by atoms with E-state index in [2.05, 4.69) is 5.32 Å². The summed E-state index contributed by atoms with van der Waals surface area (Å²) in [7, 11) is 0. The first-order chi connectivity index (χ1) is 11.6. The number of urea groups is 1. The number of hydrogen-bond donors (Lipinski definition) is 2. The van der Waals surface area contributed by atoms with Gasteiger partial charge in [-0.15, -0.1) is 0 Å². The van der Waals surface area contributed by atoms with Gasteiger partial charge in [-0.1, -0.05) is 12.1 Å². The highest BCUT2D eigenvalue weighted by Crippen LogP contribution is 2.33. The van der Waals surface area contributed by atoms with Gasteiger partial charge in [0.2, 0.25) is 0 Å². The van der Waals surface area contributed by atoms with Crippen molar-refractivity contribution in [3.05, 3.63) is 23.8 Å². The minimum absolute atomic E-state index is 0.243. The van der Waals surface area contributed by atoms with Gasteiger partial charge >= 0.3 is 12.0 Å². The zero-order valence-corrected chi connectivity index (χ0v) is 13.5. The summed E-state index contributed by atoms with van der Waals surface area (Å²) in [5, 5.41) is 12.0. The van der Waals surface area contributed by atoms with Crippen LogP contribution in [0, 0.1) is 5.92 Å². The maximum absolute atomic E-state index is 12.3. The maximum Gasteiger partial charge on any atom is 0.317 e. The molecule has 1 fully saturated rings. The summed E-state index contributed by atoms with van der Waals surface area (Å²) in [6, 6.07) is 5.38. The van der Waals surface area contributed by atoms with Crippen molar-refractivity contribution in [1.29, 1.82) is 0 Å². The number of nitrogens with zero attached hydrogens (tertiary/aromatic N) is 1. The van der Waals surface area contributed by atoms with Crippen LogP contribution >= 0.6 is 0 Å². The normalized spacial score (nSPS) is 20.2. The van der Waals surface area contributed by atoms with Crippen molar-refractivity contribution >= 4 is 12.0 Å². The number of hydrogen-bond acceptors (Lipinski definition) is 4. The minimum atomic E-state index is -0.841. The van der Waals surface area contributed by atoms with Gasteiger partial charge < -0.3 is 24.8 Å². The molecule has 0 saturated carbocycles. The highest BCUT2D eigenvalue weighted by molar-refractivity contribution is 5.76. The molecule has 1 unspecified atom stereocenters. The van der Waals surface area contributed by atoms with E-state index in [1.165, 1.54) is 0 Å². The van der Waals surface area contributed by atoms with Crippen molar-refractivity contribution in [2.45, 2.75) is 25.8 Å². The lowest BCUT2D eigenvalue weighted by atomic mass is 9.99. The topological polar surface area (TPSA) is 88.1 Å². The summed E-state index contributed by atoms with van der Waals surface area (Å²) in [6.07, 6.45) is 2.16. The number of nitrogens with one attached hydrogen (secondary N) is 1. The molecule has 1 aromatic rings. The average Bonchev–Trinajstić information content (AvgIpc) is 2.85. The Hall–Kier alpha value is -2.44. The first-order valence-electron chi connectivity index (χ1n) is 8.28. The number of carbonyl (C=O) groups excluding carboxylic acids is 1. The molecule has 0 spiro atoms. The predicted octanol–water partition coefficient (Wildman–Crippen LogP) is 1.85. The molecule has 2 heterocycles. The second kappa shape index (κ2) is 7.42. The first kappa shape index (κ1) is 16.4. The molecule has 2 amide bonds. The van der Waals surface area contributed by atoms with Crippen LogP contribution in [0.4, 0.5) is 4.79 Å². The smallest absolute Gasteiger partial charge is 0.317 e. The zero-order valence-electron chi connectivity index (χ0n) is 13.5. The number of para-hydroxylation sites is 1. The Morgan fingerprint density at radius 2 is 2.08 bits per heavy atom. The molecule has 2 aliphatic rings. The number of carboxylic acids is 1. The number of carboxylic acid groups (broad SMARTS) is 1. The lowest BCUT2D eigenvalue weighted by Gasteiger charge is -2.30. The van der Waals surface area contributed by atoms with Gasteiger partial charge in [0.1, 0.15) is 0 Å². The summed E-state index contributed by atoms with van der Waals surface area (Å²) in [6.45, 7) is 2.37. The maximum atomic E-state index is 12.3. The van der Waals surface area contributed by atoms with Crippen LogP contribution in [-0.4, -0.2) is 48.3 Å². The van der Waals surface area contributed by atoms with E-state index in [0.29, 0.717) is 50.6 Å². The van der Waals surface area contributed by atoms with E-state index >= 15 is 0 Å². The van der Waals surface area contributed by atoms with E-state index in [4.69, 9.17) is 14.6 Å². The van der Waals surface area contributed by atoms with Gasteiger partial charge in [0.25, 0.3) is 0 Å². The van der Waals surface area contributed by atoms with Gasteiger partial charge in [0, 0.05) is 31.6 Å². The van der Waals surface area contributed by atoms with Crippen molar-refractivity contribution in [1.82, 2.24) is 10.2 Å². The number of piperidine rings is 1. The van der Waals surface area contributed by atoms with E-state index in [9.17, 15) is 9.59 Å². The van der Waals surface area contributed by atoms with Crippen molar-refractivity contribution in [3.8, 4) is 11.5 Å². The average molecular weight is 334 g/mol. The van der Waals surface area contributed by atoms with Crippen molar-refractivity contribution in [2.75, 3.05) is 26.3 Å². The Morgan fingerprint density at radius 3 is 2.92 bits per heavy atom. The second-order valence-corrected chi connectivity index (χ2v) is 6.08.